The fraction of sp³-hybridized carbons (Fsp3) is 0.281. The van der Waals surface area contributed by atoms with E-state index in [4.69, 9.17) is 0 Å². The molecular weight excluding hydrogens is 524 g/mol. The lowest BCUT2D eigenvalue weighted by molar-refractivity contribution is -0.116. The molecule has 9 heteroatoms. The monoisotopic (exact) mass is 557 g/mol. The number of amides is 2. The number of benzene rings is 3. The molecule has 5 rings (SSSR count). The van der Waals surface area contributed by atoms with Crippen molar-refractivity contribution >= 4 is 17.5 Å². The van der Waals surface area contributed by atoms with Gasteiger partial charge < -0.3 is 9.80 Å². The van der Waals surface area contributed by atoms with Crippen molar-refractivity contribution in [1.29, 1.82) is 0 Å². The lowest BCUT2D eigenvalue weighted by Crippen LogP contribution is -2.38. The Hall–Kier alpha value is -4.37. The molecule has 0 saturated carbocycles. The Balaban J connectivity index is 1.53. The van der Waals surface area contributed by atoms with E-state index in [1.807, 2.05) is 43.5 Å². The largest absolute Gasteiger partial charge is 0.333 e. The van der Waals surface area contributed by atoms with Crippen LogP contribution in [0.25, 0.3) is 5.69 Å². The minimum Gasteiger partial charge on any atom is -0.333 e. The number of nitrogens with zero attached hydrogens (tertiary/aromatic N) is 5. The van der Waals surface area contributed by atoms with Crippen LogP contribution in [0, 0.1) is 18.6 Å². The summed E-state index contributed by atoms with van der Waals surface area (Å²) >= 11 is 0. The van der Waals surface area contributed by atoms with Crippen molar-refractivity contribution in [1.82, 2.24) is 19.6 Å². The SMILES string of the molecule is CC(=O)N1CCCN(Cc2ccccc2)CCN(C(=O)c2ccc(C)c(-n3cccn3)c2)Cc2cc(F)c(F)cc21. The van der Waals surface area contributed by atoms with Gasteiger partial charge in [-0.25, -0.2) is 13.5 Å². The number of anilines is 1. The van der Waals surface area contributed by atoms with Crippen molar-refractivity contribution in [3.8, 4) is 5.69 Å². The third-order valence-corrected chi connectivity index (χ3v) is 7.44. The quantitative estimate of drug-likeness (QED) is 0.339. The van der Waals surface area contributed by atoms with Crippen LogP contribution in [-0.4, -0.2) is 57.6 Å². The van der Waals surface area contributed by atoms with Gasteiger partial charge in [0.2, 0.25) is 5.91 Å². The van der Waals surface area contributed by atoms with Gasteiger partial charge >= 0.3 is 0 Å². The summed E-state index contributed by atoms with van der Waals surface area (Å²) in [6.45, 7) is 5.98. The van der Waals surface area contributed by atoms with Gasteiger partial charge in [0.15, 0.2) is 11.6 Å². The predicted molar refractivity (Wildman–Crippen MR) is 154 cm³/mol. The molecule has 7 nitrogen and oxygen atoms in total. The van der Waals surface area contributed by atoms with Gasteiger partial charge in [-0.1, -0.05) is 36.4 Å². The molecule has 1 aliphatic rings. The number of halogens is 2. The van der Waals surface area contributed by atoms with E-state index >= 15 is 0 Å². The molecule has 41 heavy (non-hydrogen) atoms. The summed E-state index contributed by atoms with van der Waals surface area (Å²) in [6.07, 6.45) is 4.12. The Morgan fingerprint density at radius 1 is 0.878 bits per heavy atom. The van der Waals surface area contributed by atoms with Crippen LogP contribution in [0.4, 0.5) is 14.5 Å². The molecular formula is C32H33F2N5O2. The highest BCUT2D eigenvalue weighted by Crippen LogP contribution is 2.28. The third kappa shape index (κ3) is 6.52. The van der Waals surface area contributed by atoms with Crippen molar-refractivity contribution in [2.45, 2.75) is 33.4 Å². The first kappa shape index (κ1) is 28.2. The zero-order chi connectivity index (χ0) is 28.9. The highest BCUT2D eigenvalue weighted by molar-refractivity contribution is 5.95. The molecule has 0 unspecified atom stereocenters. The molecule has 0 spiro atoms. The van der Waals surface area contributed by atoms with Crippen molar-refractivity contribution in [3.63, 3.8) is 0 Å². The van der Waals surface area contributed by atoms with Crippen LogP contribution in [0.1, 0.15) is 40.4 Å². The first-order valence-corrected chi connectivity index (χ1v) is 13.7. The first-order chi connectivity index (χ1) is 19.8. The van der Waals surface area contributed by atoms with Crippen molar-refractivity contribution in [3.05, 3.63) is 113 Å². The number of carbonyl (C=O) groups excluding carboxylic acids is 2. The fourth-order valence-corrected chi connectivity index (χ4v) is 5.27. The summed E-state index contributed by atoms with van der Waals surface area (Å²) in [6, 6.07) is 19.5. The van der Waals surface area contributed by atoms with E-state index < -0.39 is 11.6 Å². The fourth-order valence-electron chi connectivity index (χ4n) is 5.27. The molecule has 0 bridgehead atoms. The molecule has 0 saturated heterocycles. The molecule has 212 valence electrons. The second kappa shape index (κ2) is 12.4. The summed E-state index contributed by atoms with van der Waals surface area (Å²) < 4.78 is 30.7. The summed E-state index contributed by atoms with van der Waals surface area (Å²) in [7, 11) is 0. The summed E-state index contributed by atoms with van der Waals surface area (Å²) in [5, 5.41) is 4.31. The average molecular weight is 558 g/mol. The zero-order valence-corrected chi connectivity index (χ0v) is 23.3. The Bertz CT molecular complexity index is 1520. The van der Waals surface area contributed by atoms with Crippen LogP contribution in [0.3, 0.4) is 0 Å². The number of hydrogen-bond donors (Lipinski definition) is 0. The van der Waals surface area contributed by atoms with E-state index in [1.54, 1.807) is 27.9 Å². The van der Waals surface area contributed by atoms with Crippen LogP contribution in [0.2, 0.25) is 0 Å². The van der Waals surface area contributed by atoms with E-state index in [2.05, 4.69) is 22.1 Å². The maximum absolute atomic E-state index is 14.5. The van der Waals surface area contributed by atoms with Gasteiger partial charge in [0, 0.05) is 70.2 Å². The Labute approximate surface area is 238 Å². The number of aryl methyl sites for hydroxylation is 1. The molecule has 3 aromatic carbocycles. The van der Waals surface area contributed by atoms with E-state index in [9.17, 15) is 18.4 Å². The van der Waals surface area contributed by atoms with Crippen LogP contribution < -0.4 is 4.90 Å². The van der Waals surface area contributed by atoms with E-state index in [0.29, 0.717) is 50.3 Å². The second-order valence-corrected chi connectivity index (χ2v) is 10.4. The maximum atomic E-state index is 14.5. The third-order valence-electron chi connectivity index (χ3n) is 7.44. The predicted octanol–water partition coefficient (Wildman–Crippen LogP) is 5.36. The summed E-state index contributed by atoms with van der Waals surface area (Å²) in [5.74, 6) is -2.57. The lowest BCUT2D eigenvalue weighted by Gasteiger charge is -2.28. The number of fused-ring (bicyclic) bond motifs is 1. The standard InChI is InChI=1S/C32H33F2N5O2/c1-23-10-11-26(19-30(23)39-15-6-12-35-39)32(41)37-17-16-36(21-25-8-4-3-5-9-25)13-7-14-38(24(2)40)31-20-29(34)28(33)18-27(31)22-37/h3-6,8-12,15,18-20H,7,13-14,16-17,21-22H2,1-2H3. The normalized spacial score (nSPS) is 14.8. The lowest BCUT2D eigenvalue weighted by atomic mass is 10.1. The summed E-state index contributed by atoms with van der Waals surface area (Å²) in [4.78, 5) is 32.1. The molecule has 1 aromatic heterocycles. The van der Waals surface area contributed by atoms with Gasteiger partial charge in [-0.05, 0) is 54.3 Å². The molecule has 0 fully saturated rings. The van der Waals surface area contributed by atoms with E-state index in [-0.39, 0.29) is 24.0 Å². The highest BCUT2D eigenvalue weighted by atomic mass is 19.2. The van der Waals surface area contributed by atoms with Gasteiger partial charge in [0.1, 0.15) is 0 Å². The molecule has 0 radical (unpaired) electrons. The Morgan fingerprint density at radius 2 is 1.66 bits per heavy atom. The van der Waals surface area contributed by atoms with Gasteiger partial charge in [0.25, 0.3) is 5.91 Å². The van der Waals surface area contributed by atoms with Gasteiger partial charge in [0.05, 0.1) is 11.4 Å². The molecule has 1 aliphatic heterocycles. The van der Waals surface area contributed by atoms with Gasteiger partial charge in [-0.3, -0.25) is 14.5 Å². The zero-order valence-electron chi connectivity index (χ0n) is 23.3. The van der Waals surface area contributed by atoms with Crippen LogP contribution in [-0.2, 0) is 17.9 Å². The molecule has 0 atom stereocenters. The molecule has 0 aliphatic carbocycles. The van der Waals surface area contributed by atoms with Crippen molar-refractivity contribution in [2.24, 2.45) is 0 Å². The smallest absolute Gasteiger partial charge is 0.254 e. The molecule has 2 amide bonds. The van der Waals surface area contributed by atoms with Crippen LogP contribution >= 0.6 is 0 Å². The number of carbonyl (C=O) groups is 2. The second-order valence-electron chi connectivity index (χ2n) is 10.4. The number of rotatable bonds is 4. The molecule has 4 aromatic rings. The first-order valence-electron chi connectivity index (χ1n) is 13.7. The molecule has 0 N–H and O–H groups in total. The Morgan fingerprint density at radius 3 is 2.39 bits per heavy atom. The van der Waals surface area contributed by atoms with Crippen LogP contribution in [0.15, 0.2) is 79.1 Å². The van der Waals surface area contributed by atoms with Crippen molar-refractivity contribution in [2.75, 3.05) is 31.1 Å². The maximum Gasteiger partial charge on any atom is 0.254 e. The minimum absolute atomic E-state index is 0.0132. The topological polar surface area (TPSA) is 61.7 Å². The number of hydrogen-bond acceptors (Lipinski definition) is 4. The minimum atomic E-state index is -1.03. The van der Waals surface area contributed by atoms with Crippen molar-refractivity contribution < 1.29 is 18.4 Å². The molecule has 2 heterocycles. The Kier molecular flexibility index (Phi) is 8.54. The summed E-state index contributed by atoms with van der Waals surface area (Å²) in [5.41, 5.74) is 3.99. The van der Waals surface area contributed by atoms with Crippen LogP contribution in [0.5, 0.6) is 0 Å². The number of aromatic nitrogens is 2. The van der Waals surface area contributed by atoms with E-state index in [1.165, 1.54) is 11.8 Å². The van der Waals surface area contributed by atoms with E-state index in [0.717, 1.165) is 28.9 Å². The van der Waals surface area contributed by atoms with Gasteiger partial charge in [-0.2, -0.15) is 5.10 Å². The highest BCUT2D eigenvalue weighted by Gasteiger charge is 2.25. The van der Waals surface area contributed by atoms with Gasteiger partial charge in [-0.15, -0.1) is 0 Å². The average Bonchev–Trinajstić information content (AvgIpc) is 3.49.